The number of rotatable bonds is 7. The molecule has 0 saturated heterocycles. The van der Waals surface area contributed by atoms with Gasteiger partial charge in [-0.05, 0) is 42.1 Å². The van der Waals surface area contributed by atoms with Gasteiger partial charge >= 0.3 is 0 Å². The van der Waals surface area contributed by atoms with Crippen LogP contribution in [0.25, 0.3) is 9.75 Å². The minimum absolute atomic E-state index is 0.826. The van der Waals surface area contributed by atoms with Gasteiger partial charge < -0.3 is 10.1 Å². The highest BCUT2D eigenvalue weighted by Crippen LogP contribution is 2.29. The lowest BCUT2D eigenvalue weighted by Gasteiger charge is -2.04. The van der Waals surface area contributed by atoms with Crippen molar-refractivity contribution < 1.29 is 4.74 Å². The number of methoxy groups -OCH3 is 1. The average molecular weight is 330 g/mol. The van der Waals surface area contributed by atoms with Crippen LogP contribution in [0.4, 0.5) is 0 Å². The first-order valence-corrected chi connectivity index (χ1v) is 8.87. The number of thiophene rings is 1. The number of ether oxygens (including phenoxy) is 1. The largest absolute Gasteiger partial charge is 0.497 e. The molecule has 1 aromatic carbocycles. The summed E-state index contributed by atoms with van der Waals surface area (Å²) in [5.74, 6) is 0.903. The third kappa shape index (κ3) is 3.94. The molecule has 0 unspecified atom stereocenters. The molecule has 3 rings (SSSR count). The zero-order chi connectivity index (χ0) is 15.2. The van der Waals surface area contributed by atoms with Crippen LogP contribution in [0.3, 0.4) is 0 Å². The van der Waals surface area contributed by atoms with E-state index in [1.165, 1.54) is 15.3 Å². The molecule has 0 fully saturated rings. The van der Waals surface area contributed by atoms with Gasteiger partial charge in [-0.25, -0.2) is 4.98 Å². The fraction of sp³-hybridized carbons (Fsp3) is 0.235. The van der Waals surface area contributed by atoms with Crippen LogP contribution in [-0.4, -0.2) is 18.6 Å². The van der Waals surface area contributed by atoms with Crippen LogP contribution in [0.1, 0.15) is 10.6 Å². The van der Waals surface area contributed by atoms with Gasteiger partial charge in [-0.2, -0.15) is 0 Å². The number of benzene rings is 1. The van der Waals surface area contributed by atoms with Crippen LogP contribution in [0.15, 0.2) is 48.0 Å². The first-order valence-electron chi connectivity index (χ1n) is 7.17. The molecule has 0 atom stereocenters. The molecule has 3 nitrogen and oxygen atoms in total. The summed E-state index contributed by atoms with van der Waals surface area (Å²) in [6.07, 6.45) is 2.98. The summed E-state index contributed by atoms with van der Waals surface area (Å²) in [5, 5.41) is 6.69. The van der Waals surface area contributed by atoms with Gasteiger partial charge in [0.25, 0.3) is 0 Å². The zero-order valence-corrected chi connectivity index (χ0v) is 14.0. The highest BCUT2D eigenvalue weighted by atomic mass is 32.1. The van der Waals surface area contributed by atoms with Crippen LogP contribution in [0.5, 0.6) is 5.75 Å². The molecule has 0 radical (unpaired) electrons. The number of nitrogens with zero attached hydrogens (tertiary/aromatic N) is 1. The molecular formula is C17H18N2OS2. The van der Waals surface area contributed by atoms with Crippen molar-refractivity contribution in [3.8, 4) is 15.5 Å². The molecule has 2 heterocycles. The zero-order valence-electron chi connectivity index (χ0n) is 12.4. The summed E-state index contributed by atoms with van der Waals surface area (Å²) in [6.45, 7) is 1.77. The molecule has 0 aliphatic carbocycles. The third-order valence-corrected chi connectivity index (χ3v) is 5.41. The van der Waals surface area contributed by atoms with Crippen molar-refractivity contribution in [1.29, 1.82) is 0 Å². The Morgan fingerprint density at radius 1 is 1.14 bits per heavy atom. The van der Waals surface area contributed by atoms with Crippen molar-refractivity contribution in [2.75, 3.05) is 13.7 Å². The molecule has 0 spiro atoms. The summed E-state index contributed by atoms with van der Waals surface area (Å²) in [5.41, 5.74) is 1.31. The Labute approximate surface area is 138 Å². The van der Waals surface area contributed by atoms with Crippen molar-refractivity contribution in [2.45, 2.75) is 13.0 Å². The smallest absolute Gasteiger partial charge is 0.118 e. The molecule has 0 saturated carbocycles. The quantitative estimate of drug-likeness (QED) is 0.659. The maximum absolute atomic E-state index is 5.16. The Kier molecular flexibility index (Phi) is 5.21. The minimum Gasteiger partial charge on any atom is -0.497 e. The first kappa shape index (κ1) is 15.2. The Balaban J connectivity index is 1.45. The molecule has 0 amide bonds. The van der Waals surface area contributed by atoms with Gasteiger partial charge in [0.1, 0.15) is 10.8 Å². The number of thiazole rings is 1. The van der Waals surface area contributed by atoms with Gasteiger partial charge in [-0.3, -0.25) is 0 Å². The maximum Gasteiger partial charge on any atom is 0.118 e. The number of hydrogen-bond acceptors (Lipinski definition) is 5. The molecule has 0 bridgehead atoms. The highest BCUT2D eigenvalue weighted by Gasteiger charge is 2.04. The van der Waals surface area contributed by atoms with Gasteiger partial charge in [0, 0.05) is 17.6 Å². The molecule has 5 heteroatoms. The van der Waals surface area contributed by atoms with Crippen LogP contribution < -0.4 is 10.1 Å². The molecule has 0 aliphatic heterocycles. The van der Waals surface area contributed by atoms with E-state index in [2.05, 4.69) is 39.9 Å². The number of nitrogens with one attached hydrogen (secondary N) is 1. The van der Waals surface area contributed by atoms with E-state index in [9.17, 15) is 0 Å². The van der Waals surface area contributed by atoms with E-state index in [4.69, 9.17) is 4.74 Å². The number of aromatic nitrogens is 1. The molecule has 114 valence electrons. The SMILES string of the molecule is COc1ccc(CCNCc2ncc(-c3cccs3)s2)cc1. The molecule has 2 aromatic heterocycles. The molecule has 0 aliphatic rings. The van der Waals surface area contributed by atoms with Crippen molar-refractivity contribution >= 4 is 22.7 Å². The van der Waals surface area contributed by atoms with E-state index < -0.39 is 0 Å². The molecule has 22 heavy (non-hydrogen) atoms. The normalized spacial score (nSPS) is 10.8. The van der Waals surface area contributed by atoms with E-state index in [0.29, 0.717) is 0 Å². The lowest BCUT2D eigenvalue weighted by Crippen LogP contribution is -2.16. The average Bonchev–Trinajstić information content (AvgIpc) is 3.23. The molecule has 1 N–H and O–H groups in total. The predicted molar refractivity (Wildman–Crippen MR) is 93.8 cm³/mol. The Morgan fingerprint density at radius 3 is 2.73 bits per heavy atom. The van der Waals surface area contributed by atoms with Crippen LogP contribution in [0.2, 0.25) is 0 Å². The summed E-state index contributed by atoms with van der Waals surface area (Å²) in [6, 6.07) is 12.4. The Hall–Kier alpha value is -1.69. The van der Waals surface area contributed by atoms with Gasteiger partial charge in [-0.1, -0.05) is 18.2 Å². The fourth-order valence-corrected chi connectivity index (χ4v) is 3.85. The second-order valence-electron chi connectivity index (χ2n) is 4.87. The van der Waals surface area contributed by atoms with Crippen molar-refractivity contribution in [2.24, 2.45) is 0 Å². The van der Waals surface area contributed by atoms with Crippen molar-refractivity contribution in [3.63, 3.8) is 0 Å². The Morgan fingerprint density at radius 2 is 2.00 bits per heavy atom. The monoisotopic (exact) mass is 330 g/mol. The van der Waals surface area contributed by atoms with Crippen LogP contribution >= 0.6 is 22.7 Å². The van der Waals surface area contributed by atoms with Crippen molar-refractivity contribution in [3.05, 3.63) is 58.5 Å². The summed E-state index contributed by atoms with van der Waals surface area (Å²) >= 11 is 3.52. The lowest BCUT2D eigenvalue weighted by atomic mass is 10.1. The highest BCUT2D eigenvalue weighted by molar-refractivity contribution is 7.21. The number of hydrogen-bond donors (Lipinski definition) is 1. The maximum atomic E-state index is 5.16. The molecule has 3 aromatic rings. The minimum atomic E-state index is 0.826. The van der Waals surface area contributed by atoms with Crippen LogP contribution in [-0.2, 0) is 13.0 Å². The van der Waals surface area contributed by atoms with E-state index in [-0.39, 0.29) is 0 Å². The first-order chi connectivity index (χ1) is 10.8. The van der Waals surface area contributed by atoms with E-state index in [0.717, 1.165) is 30.3 Å². The lowest BCUT2D eigenvalue weighted by molar-refractivity contribution is 0.414. The van der Waals surface area contributed by atoms with Gasteiger partial charge in [0.2, 0.25) is 0 Å². The van der Waals surface area contributed by atoms with Gasteiger partial charge in [-0.15, -0.1) is 22.7 Å². The topological polar surface area (TPSA) is 34.1 Å². The summed E-state index contributed by atoms with van der Waals surface area (Å²) in [7, 11) is 1.69. The fourth-order valence-electron chi connectivity index (χ4n) is 2.14. The van der Waals surface area contributed by atoms with E-state index in [1.807, 2.05) is 18.3 Å². The third-order valence-electron chi connectivity index (χ3n) is 3.34. The summed E-state index contributed by atoms with van der Waals surface area (Å²) < 4.78 is 5.16. The van der Waals surface area contributed by atoms with E-state index in [1.54, 1.807) is 29.8 Å². The predicted octanol–water partition coefficient (Wildman–Crippen LogP) is 4.21. The van der Waals surface area contributed by atoms with E-state index >= 15 is 0 Å². The molecular weight excluding hydrogens is 312 g/mol. The standard InChI is InChI=1S/C17H18N2OS2/c1-20-14-6-4-13(5-7-14)8-9-18-12-17-19-11-16(22-17)15-3-2-10-21-15/h2-7,10-11,18H,8-9,12H2,1H3. The van der Waals surface area contributed by atoms with Gasteiger partial charge in [0.15, 0.2) is 0 Å². The van der Waals surface area contributed by atoms with Gasteiger partial charge in [0.05, 0.1) is 12.0 Å². The second kappa shape index (κ2) is 7.54. The van der Waals surface area contributed by atoms with Crippen LogP contribution in [0, 0.1) is 0 Å². The van der Waals surface area contributed by atoms with Crippen molar-refractivity contribution in [1.82, 2.24) is 10.3 Å². The Bertz CT molecular complexity index is 690. The second-order valence-corrected chi connectivity index (χ2v) is 6.93. The summed E-state index contributed by atoms with van der Waals surface area (Å²) in [4.78, 5) is 7.03.